The lowest BCUT2D eigenvalue weighted by Crippen LogP contribution is -2.27. The molecule has 0 aliphatic heterocycles. The van der Waals surface area contributed by atoms with Gasteiger partial charge in [-0.05, 0) is 46.4 Å². The molecule has 5 heteroatoms. The van der Waals surface area contributed by atoms with Gasteiger partial charge in [-0.25, -0.2) is 0 Å². The van der Waals surface area contributed by atoms with Crippen molar-refractivity contribution in [2.75, 3.05) is 5.32 Å². The van der Waals surface area contributed by atoms with E-state index in [-0.39, 0.29) is 5.91 Å². The van der Waals surface area contributed by atoms with E-state index in [0.717, 1.165) is 9.13 Å². The maximum absolute atomic E-state index is 12.1. The van der Waals surface area contributed by atoms with Gasteiger partial charge in [0.2, 0.25) is 5.91 Å². The van der Waals surface area contributed by atoms with Gasteiger partial charge in [0.1, 0.15) is 6.04 Å². The fraction of sp³-hybridized carbons (Fsp3) is 0.0714. The molecule has 2 rings (SSSR count). The van der Waals surface area contributed by atoms with Gasteiger partial charge in [0.05, 0.1) is 10.7 Å². The topological polar surface area (TPSA) is 55.1 Å². The first-order chi connectivity index (χ1) is 9.08. The van der Waals surface area contributed by atoms with Gasteiger partial charge in [0.25, 0.3) is 0 Å². The molecule has 3 nitrogen and oxygen atoms in total. The van der Waals surface area contributed by atoms with Crippen molar-refractivity contribution in [2.24, 2.45) is 5.73 Å². The highest BCUT2D eigenvalue weighted by Crippen LogP contribution is 2.24. The molecule has 0 bridgehead atoms. The quantitative estimate of drug-likeness (QED) is 0.792. The molecule has 19 heavy (non-hydrogen) atoms. The summed E-state index contributed by atoms with van der Waals surface area (Å²) in [7, 11) is 0. The predicted octanol–water partition coefficient (Wildman–Crippen LogP) is 3.58. The van der Waals surface area contributed by atoms with Crippen LogP contribution in [0.4, 0.5) is 5.69 Å². The predicted molar refractivity (Wildman–Crippen MR) is 86.2 cm³/mol. The Morgan fingerprint density at radius 3 is 2.53 bits per heavy atom. The summed E-state index contributed by atoms with van der Waals surface area (Å²) in [5.74, 6) is -0.283. The molecule has 0 spiro atoms. The molecule has 0 saturated carbocycles. The second kappa shape index (κ2) is 6.36. The maximum atomic E-state index is 12.1. The smallest absolute Gasteiger partial charge is 0.245 e. The van der Waals surface area contributed by atoms with Gasteiger partial charge in [-0.15, -0.1) is 0 Å². The van der Waals surface area contributed by atoms with Crippen molar-refractivity contribution in [1.82, 2.24) is 0 Å². The van der Waals surface area contributed by atoms with E-state index in [2.05, 4.69) is 27.9 Å². The fourth-order valence-corrected chi connectivity index (χ4v) is 2.52. The summed E-state index contributed by atoms with van der Waals surface area (Å²) in [6.45, 7) is 0. The zero-order chi connectivity index (χ0) is 13.8. The van der Waals surface area contributed by atoms with Crippen LogP contribution in [-0.4, -0.2) is 5.91 Å². The molecule has 3 N–H and O–H groups in total. The number of nitrogens with one attached hydrogen (secondary N) is 1. The molecular weight excluding hydrogens is 375 g/mol. The third kappa shape index (κ3) is 3.68. The molecule has 0 heterocycles. The highest BCUT2D eigenvalue weighted by molar-refractivity contribution is 14.1. The number of benzene rings is 2. The van der Waals surface area contributed by atoms with E-state index < -0.39 is 6.04 Å². The van der Waals surface area contributed by atoms with Crippen molar-refractivity contribution >= 4 is 45.8 Å². The first-order valence-electron chi connectivity index (χ1n) is 5.64. The molecule has 0 unspecified atom stereocenters. The summed E-state index contributed by atoms with van der Waals surface area (Å²) < 4.78 is 1.01. The fourth-order valence-electron chi connectivity index (χ4n) is 1.61. The van der Waals surface area contributed by atoms with Crippen molar-refractivity contribution in [3.63, 3.8) is 0 Å². The molecule has 2 aromatic carbocycles. The van der Waals surface area contributed by atoms with Crippen LogP contribution in [0.25, 0.3) is 0 Å². The maximum Gasteiger partial charge on any atom is 0.245 e. The molecule has 0 aliphatic rings. The van der Waals surface area contributed by atoms with Gasteiger partial charge in [-0.3, -0.25) is 4.79 Å². The van der Waals surface area contributed by atoms with Crippen molar-refractivity contribution in [1.29, 1.82) is 0 Å². The minimum Gasteiger partial charge on any atom is -0.323 e. The highest BCUT2D eigenvalue weighted by atomic mass is 127. The van der Waals surface area contributed by atoms with E-state index in [0.29, 0.717) is 10.7 Å². The zero-order valence-electron chi connectivity index (χ0n) is 9.94. The lowest BCUT2D eigenvalue weighted by Gasteiger charge is -2.13. The van der Waals surface area contributed by atoms with Crippen LogP contribution < -0.4 is 11.1 Å². The summed E-state index contributed by atoms with van der Waals surface area (Å²) in [5.41, 5.74) is 7.24. The van der Waals surface area contributed by atoms with Crippen LogP contribution >= 0.6 is 34.2 Å². The Hall–Kier alpha value is -1.11. The standard InChI is InChI=1S/C14H12ClIN2O/c15-11-8-10(16)6-7-12(11)18-14(19)13(17)9-4-2-1-3-5-9/h1-8,13H,17H2,(H,18,19)/t13-/m0/s1. The Morgan fingerprint density at radius 2 is 1.89 bits per heavy atom. The molecule has 98 valence electrons. The van der Waals surface area contributed by atoms with E-state index in [1.54, 1.807) is 12.1 Å². The van der Waals surface area contributed by atoms with Crippen LogP contribution in [-0.2, 0) is 4.79 Å². The lowest BCUT2D eigenvalue weighted by molar-refractivity contribution is -0.117. The Kier molecular flexibility index (Phi) is 4.79. The van der Waals surface area contributed by atoms with Gasteiger partial charge in [0, 0.05) is 3.57 Å². The lowest BCUT2D eigenvalue weighted by atomic mass is 10.1. The SMILES string of the molecule is N[C@H](C(=O)Nc1ccc(I)cc1Cl)c1ccccc1. The Bertz CT molecular complexity index is 589. The highest BCUT2D eigenvalue weighted by Gasteiger charge is 2.16. The van der Waals surface area contributed by atoms with Gasteiger partial charge < -0.3 is 11.1 Å². The molecule has 0 radical (unpaired) electrons. The largest absolute Gasteiger partial charge is 0.323 e. The molecule has 0 saturated heterocycles. The number of rotatable bonds is 3. The average Bonchev–Trinajstić information content (AvgIpc) is 2.42. The monoisotopic (exact) mass is 386 g/mol. The van der Waals surface area contributed by atoms with Crippen LogP contribution in [0.3, 0.4) is 0 Å². The summed E-state index contributed by atoms with van der Waals surface area (Å²) in [4.78, 5) is 12.1. The van der Waals surface area contributed by atoms with E-state index >= 15 is 0 Å². The molecule has 0 aliphatic carbocycles. The molecule has 0 aromatic heterocycles. The number of carbonyl (C=O) groups excluding carboxylic acids is 1. The first-order valence-corrected chi connectivity index (χ1v) is 7.10. The third-order valence-corrected chi connectivity index (χ3v) is 3.61. The molecule has 0 fully saturated rings. The first kappa shape index (κ1) is 14.3. The average molecular weight is 387 g/mol. The molecule has 1 amide bonds. The zero-order valence-corrected chi connectivity index (χ0v) is 12.9. The van der Waals surface area contributed by atoms with E-state index in [1.807, 2.05) is 36.4 Å². The van der Waals surface area contributed by atoms with E-state index in [1.165, 1.54) is 0 Å². The number of anilines is 1. The molecule has 2 aromatic rings. The summed E-state index contributed by atoms with van der Waals surface area (Å²) in [6, 6.07) is 13.9. The van der Waals surface area contributed by atoms with Crippen molar-refractivity contribution in [3.8, 4) is 0 Å². The van der Waals surface area contributed by atoms with Gasteiger partial charge >= 0.3 is 0 Å². The number of carbonyl (C=O) groups is 1. The van der Waals surface area contributed by atoms with Gasteiger partial charge in [-0.2, -0.15) is 0 Å². The van der Waals surface area contributed by atoms with Crippen molar-refractivity contribution in [2.45, 2.75) is 6.04 Å². The normalized spacial score (nSPS) is 11.9. The van der Waals surface area contributed by atoms with E-state index in [4.69, 9.17) is 17.3 Å². The number of hydrogen-bond donors (Lipinski definition) is 2. The second-order valence-electron chi connectivity index (χ2n) is 4.00. The summed E-state index contributed by atoms with van der Waals surface area (Å²) >= 11 is 8.22. The summed E-state index contributed by atoms with van der Waals surface area (Å²) in [5, 5.41) is 3.24. The minimum absolute atomic E-state index is 0.283. The number of nitrogens with two attached hydrogens (primary N) is 1. The number of hydrogen-bond acceptors (Lipinski definition) is 2. The number of halogens is 2. The summed E-state index contributed by atoms with van der Waals surface area (Å²) in [6.07, 6.45) is 0. The number of amides is 1. The Balaban J connectivity index is 2.13. The van der Waals surface area contributed by atoms with Crippen LogP contribution in [0.5, 0.6) is 0 Å². The van der Waals surface area contributed by atoms with Crippen molar-refractivity contribution < 1.29 is 4.79 Å². The Labute approximate surface area is 130 Å². The van der Waals surface area contributed by atoms with Crippen LogP contribution in [0.1, 0.15) is 11.6 Å². The van der Waals surface area contributed by atoms with E-state index in [9.17, 15) is 4.79 Å². The van der Waals surface area contributed by atoms with Crippen molar-refractivity contribution in [3.05, 3.63) is 62.7 Å². The van der Waals surface area contributed by atoms with Gasteiger partial charge in [-0.1, -0.05) is 41.9 Å². The third-order valence-electron chi connectivity index (χ3n) is 2.63. The van der Waals surface area contributed by atoms with Crippen LogP contribution in [0.15, 0.2) is 48.5 Å². The molecule has 1 atom stereocenters. The van der Waals surface area contributed by atoms with Gasteiger partial charge in [0.15, 0.2) is 0 Å². The van der Waals surface area contributed by atoms with Crippen LogP contribution in [0, 0.1) is 3.57 Å². The molecular formula is C14H12ClIN2O. The minimum atomic E-state index is -0.712. The van der Waals surface area contributed by atoms with Crippen LogP contribution in [0.2, 0.25) is 5.02 Å². The Morgan fingerprint density at radius 1 is 1.21 bits per heavy atom. The second-order valence-corrected chi connectivity index (χ2v) is 5.65.